The summed E-state index contributed by atoms with van der Waals surface area (Å²) in [4.78, 5) is 40.3. The molecule has 0 unspecified atom stereocenters. The second kappa shape index (κ2) is 22.5. The lowest BCUT2D eigenvalue weighted by Gasteiger charge is -2.39. The van der Waals surface area contributed by atoms with E-state index in [2.05, 4.69) is 24.5 Å². The van der Waals surface area contributed by atoms with Gasteiger partial charge in [-0.3, -0.25) is 9.59 Å². The number of unbranched alkanes of at least 4 members (excludes halogenated alkanes) is 4. The molecule has 2 heterocycles. The van der Waals surface area contributed by atoms with Gasteiger partial charge in [-0.1, -0.05) is 82.0 Å². The van der Waals surface area contributed by atoms with Crippen molar-refractivity contribution in [2.24, 2.45) is 0 Å². The van der Waals surface area contributed by atoms with Crippen molar-refractivity contribution in [3.05, 3.63) is 88.5 Å². The van der Waals surface area contributed by atoms with Gasteiger partial charge in [0.25, 0.3) is 5.91 Å². The van der Waals surface area contributed by atoms with Crippen LogP contribution in [0.15, 0.2) is 66.3 Å². The van der Waals surface area contributed by atoms with Gasteiger partial charge in [0.05, 0.1) is 25.4 Å². The van der Waals surface area contributed by atoms with E-state index in [0.717, 1.165) is 38.5 Å². The number of carbonyl (C=O) groups is 3. The van der Waals surface area contributed by atoms with E-state index in [-0.39, 0.29) is 50.1 Å². The number of benzene rings is 2. The Bertz CT molecular complexity index is 1740. The van der Waals surface area contributed by atoms with Gasteiger partial charge in [0, 0.05) is 43.5 Å². The Labute approximate surface area is 345 Å². The van der Waals surface area contributed by atoms with Crippen LogP contribution < -0.4 is 10.6 Å². The highest BCUT2D eigenvalue weighted by Crippen LogP contribution is 2.43. The number of amides is 2. The van der Waals surface area contributed by atoms with Crippen molar-refractivity contribution >= 4 is 23.9 Å². The predicted molar refractivity (Wildman–Crippen MR) is 216 cm³/mol. The van der Waals surface area contributed by atoms with Gasteiger partial charge in [-0.05, 0) is 48.2 Å². The Hall–Kier alpha value is -4.03. The van der Waals surface area contributed by atoms with E-state index < -0.39 is 67.4 Å². The quantitative estimate of drug-likeness (QED) is 0.0712. The molecule has 0 aromatic heterocycles. The molecule has 2 aliphatic heterocycles. The Balaban J connectivity index is 1.32. The lowest BCUT2D eigenvalue weighted by molar-refractivity contribution is -0.298. The second-order valence-electron chi connectivity index (χ2n) is 15.2. The molecule has 0 spiro atoms. The summed E-state index contributed by atoms with van der Waals surface area (Å²) in [5.41, 5.74) is 2.21. The average molecular weight is 825 g/mol. The average Bonchev–Trinajstić information content (AvgIpc) is 3.62. The van der Waals surface area contributed by atoms with E-state index in [0.29, 0.717) is 35.1 Å². The maximum absolute atomic E-state index is 14.0. The molecule has 2 aromatic rings. The maximum Gasteiger partial charge on any atom is 0.339 e. The maximum atomic E-state index is 14.0. The number of carbonyl (C=O) groups excluding carboxylic acids is 3. The molecule has 0 saturated carbocycles. The van der Waals surface area contributed by atoms with Crippen LogP contribution in [-0.4, -0.2) is 124 Å². The topological polar surface area (TPSA) is 223 Å². The van der Waals surface area contributed by atoms with Crippen LogP contribution in [0, 0.1) is 0 Å². The summed E-state index contributed by atoms with van der Waals surface area (Å²) in [5.74, 6) is -2.25. The van der Waals surface area contributed by atoms with Gasteiger partial charge in [0.15, 0.2) is 12.1 Å². The van der Waals surface area contributed by atoms with Crippen LogP contribution in [0.4, 0.5) is 0 Å². The Morgan fingerprint density at radius 3 is 2.34 bits per heavy atom. The summed E-state index contributed by atoms with van der Waals surface area (Å²) in [7, 11) is 0. The minimum atomic E-state index is -1.58. The second-order valence-corrected chi connectivity index (χ2v) is 15.2. The molecular formula is C44H60N2O13. The van der Waals surface area contributed by atoms with Crippen molar-refractivity contribution in [1.82, 2.24) is 10.6 Å². The number of ether oxygens (including phenoxy) is 5. The van der Waals surface area contributed by atoms with Crippen LogP contribution >= 0.6 is 0 Å². The zero-order valence-electron chi connectivity index (χ0n) is 33.9. The van der Waals surface area contributed by atoms with E-state index in [1.165, 1.54) is 0 Å². The van der Waals surface area contributed by atoms with E-state index in [1.54, 1.807) is 66.8 Å². The number of esters is 1. The summed E-state index contributed by atoms with van der Waals surface area (Å²) in [6.45, 7) is 3.64. The van der Waals surface area contributed by atoms with Crippen LogP contribution in [0.2, 0.25) is 0 Å². The largest absolute Gasteiger partial charge is 0.456 e. The number of hydrogen-bond donors (Lipinski definition) is 7. The third kappa shape index (κ3) is 12.3. The van der Waals surface area contributed by atoms with Gasteiger partial charge in [-0.15, -0.1) is 0 Å². The normalized spacial score (nSPS) is 26.3. The molecule has 2 fully saturated rings. The van der Waals surface area contributed by atoms with Gasteiger partial charge in [0.2, 0.25) is 5.91 Å². The van der Waals surface area contributed by atoms with Crippen molar-refractivity contribution in [2.75, 3.05) is 26.4 Å². The molecule has 5 rings (SSSR count). The summed E-state index contributed by atoms with van der Waals surface area (Å²) in [5, 5.41) is 54.5. The number of rotatable bonds is 21. The lowest BCUT2D eigenvalue weighted by Crippen LogP contribution is -2.59. The molecule has 324 valence electrons. The molecule has 8 atom stereocenters. The molecule has 3 aliphatic rings. The van der Waals surface area contributed by atoms with Crippen molar-refractivity contribution < 1.29 is 63.6 Å². The van der Waals surface area contributed by atoms with Crippen LogP contribution in [0.5, 0.6) is 0 Å². The van der Waals surface area contributed by atoms with E-state index >= 15 is 0 Å². The van der Waals surface area contributed by atoms with Gasteiger partial charge in [-0.2, -0.15) is 0 Å². The standard InChI is InChI=1S/C44H60N2O13/c1-3-5-9-18-44(19-10-6-4-2)58-34-25-31(41(53)46-26-28-13-11-15-30(23-28)40(52)45-20-21-47)24-33(39(34)59-44)56-42(54)32-17-8-7-14-29(32)16-12-22-55-43-38(51)37(50)36(49)35(27-48)57-43/h7-8,11-17,23,25,33-39,43,47-51H,3-6,9-10,18-22,24,26-27H2,1-2H3,(H,45,52)(H,46,53)/t33-,34-,35-,36+,37+,38-,39+,43+/m1/s1. The number of fused-ring (bicyclic) bond motifs is 1. The first-order chi connectivity index (χ1) is 28.5. The van der Waals surface area contributed by atoms with E-state index in [4.69, 9.17) is 28.8 Å². The first kappa shape index (κ1) is 46.0. The molecule has 7 N–H and O–H groups in total. The highest BCUT2D eigenvalue weighted by Gasteiger charge is 2.52. The molecular weight excluding hydrogens is 764 g/mol. The van der Waals surface area contributed by atoms with Crippen LogP contribution in [0.3, 0.4) is 0 Å². The van der Waals surface area contributed by atoms with E-state index in [1.807, 2.05) is 0 Å². The fourth-order valence-electron chi connectivity index (χ4n) is 7.55. The first-order valence-electron chi connectivity index (χ1n) is 20.7. The molecule has 2 aromatic carbocycles. The molecule has 0 bridgehead atoms. The third-order valence-electron chi connectivity index (χ3n) is 10.8. The van der Waals surface area contributed by atoms with Gasteiger partial charge < -0.3 is 59.9 Å². The molecule has 0 radical (unpaired) electrons. The van der Waals surface area contributed by atoms with Crippen molar-refractivity contribution in [1.29, 1.82) is 0 Å². The van der Waals surface area contributed by atoms with Crippen molar-refractivity contribution in [3.63, 3.8) is 0 Å². The summed E-state index contributed by atoms with van der Waals surface area (Å²) in [6, 6.07) is 13.6. The van der Waals surface area contributed by atoms with Crippen LogP contribution in [0.25, 0.3) is 6.08 Å². The summed E-state index contributed by atoms with van der Waals surface area (Å²) >= 11 is 0. The highest BCUT2D eigenvalue weighted by atomic mass is 16.8. The van der Waals surface area contributed by atoms with Crippen molar-refractivity contribution in [2.45, 2.75) is 133 Å². The Morgan fingerprint density at radius 2 is 1.63 bits per heavy atom. The molecule has 15 heteroatoms. The minimum Gasteiger partial charge on any atom is -0.456 e. The minimum absolute atomic E-state index is 0.0661. The number of aliphatic hydroxyl groups is 5. The predicted octanol–water partition coefficient (Wildman–Crippen LogP) is 3.05. The SMILES string of the molecule is CCCCCC1(CCCCC)O[C@@H]2[C@@H](C=C(C(=O)NCc3cccc(C(=O)NCCO)c3)C[C@H]2OC(=O)c2ccccc2C=CCO[C@H]2O[C@H](CO)[C@H](O)[C@H](O)[C@H]2O)O1. The number of nitrogens with one attached hydrogen (secondary N) is 2. The molecule has 2 amide bonds. The van der Waals surface area contributed by atoms with Crippen LogP contribution in [0.1, 0.15) is 103 Å². The molecule has 2 saturated heterocycles. The van der Waals surface area contributed by atoms with Gasteiger partial charge in [-0.25, -0.2) is 4.79 Å². The summed E-state index contributed by atoms with van der Waals surface area (Å²) < 4.78 is 30.7. The van der Waals surface area contributed by atoms with E-state index in [9.17, 15) is 34.8 Å². The van der Waals surface area contributed by atoms with Crippen LogP contribution in [-0.2, 0) is 35.0 Å². The fourth-order valence-corrected chi connectivity index (χ4v) is 7.55. The fraction of sp³-hybridized carbons (Fsp3) is 0.568. The summed E-state index contributed by atoms with van der Waals surface area (Å²) in [6.07, 6.45) is 2.96. The Kier molecular flexibility index (Phi) is 17.6. The molecule has 1 aliphatic carbocycles. The first-order valence-corrected chi connectivity index (χ1v) is 20.7. The lowest BCUT2D eigenvalue weighted by atomic mass is 9.91. The van der Waals surface area contributed by atoms with Crippen molar-refractivity contribution in [3.8, 4) is 0 Å². The number of hydrogen-bond acceptors (Lipinski definition) is 13. The zero-order chi connectivity index (χ0) is 42.4. The van der Waals surface area contributed by atoms with Gasteiger partial charge in [0.1, 0.15) is 42.7 Å². The third-order valence-corrected chi connectivity index (χ3v) is 10.8. The number of aliphatic hydroxyl groups excluding tert-OH is 5. The Morgan fingerprint density at radius 1 is 0.881 bits per heavy atom. The zero-order valence-corrected chi connectivity index (χ0v) is 33.9. The molecule has 59 heavy (non-hydrogen) atoms. The molecule has 15 nitrogen and oxygen atoms in total. The smallest absolute Gasteiger partial charge is 0.339 e. The highest BCUT2D eigenvalue weighted by molar-refractivity contribution is 5.96. The monoisotopic (exact) mass is 824 g/mol. The van der Waals surface area contributed by atoms with Gasteiger partial charge >= 0.3 is 5.97 Å².